The molecular weight excluding hydrogens is 178 g/mol. The van der Waals surface area contributed by atoms with E-state index < -0.39 is 0 Å². The summed E-state index contributed by atoms with van der Waals surface area (Å²) in [7, 11) is 0. The minimum Gasteiger partial charge on any atom is -0.388 e. The molecule has 14 heavy (non-hydrogen) atoms. The van der Waals surface area contributed by atoms with E-state index in [4.69, 9.17) is 4.74 Å². The van der Waals surface area contributed by atoms with Crippen LogP contribution in [0.1, 0.15) is 6.92 Å². The van der Waals surface area contributed by atoms with Crippen LogP contribution in [0.15, 0.2) is 12.4 Å². The molecule has 2 heterocycles. The van der Waals surface area contributed by atoms with Crippen LogP contribution >= 0.6 is 0 Å². The van der Waals surface area contributed by atoms with E-state index in [-0.39, 0.29) is 0 Å². The number of morpholine rings is 1. The molecule has 0 amide bonds. The third kappa shape index (κ3) is 2.19. The number of nitrogens with one attached hydrogen (secondary N) is 2. The highest BCUT2D eigenvalue weighted by molar-refractivity contribution is 4.92. The Bertz CT molecular complexity index is 202. The Morgan fingerprint density at radius 3 is 3.07 bits per heavy atom. The molecule has 80 valence electrons. The van der Waals surface area contributed by atoms with E-state index in [0.29, 0.717) is 12.1 Å². The monoisotopic (exact) mass is 197 g/mol. The summed E-state index contributed by atoms with van der Waals surface area (Å²) in [6.45, 7) is 7.12. The largest absolute Gasteiger partial charge is 0.388 e. The number of hydrogen-bond acceptors (Lipinski definition) is 4. The van der Waals surface area contributed by atoms with Crippen molar-refractivity contribution in [2.75, 3.05) is 32.8 Å². The summed E-state index contributed by atoms with van der Waals surface area (Å²) in [6.07, 6.45) is 4.45. The Morgan fingerprint density at radius 2 is 2.43 bits per heavy atom. The Morgan fingerprint density at radius 1 is 1.50 bits per heavy atom. The first-order valence-corrected chi connectivity index (χ1v) is 5.36. The molecule has 0 aromatic heterocycles. The summed E-state index contributed by atoms with van der Waals surface area (Å²) >= 11 is 0. The van der Waals surface area contributed by atoms with Gasteiger partial charge in [0.25, 0.3) is 0 Å². The first kappa shape index (κ1) is 9.80. The molecule has 0 saturated carbocycles. The highest BCUT2D eigenvalue weighted by Crippen LogP contribution is 2.11. The third-order valence-corrected chi connectivity index (χ3v) is 2.92. The fourth-order valence-electron chi connectivity index (χ4n) is 1.95. The molecule has 2 N–H and O–H groups in total. The van der Waals surface area contributed by atoms with Crippen molar-refractivity contribution in [1.29, 1.82) is 0 Å². The zero-order valence-electron chi connectivity index (χ0n) is 8.70. The molecule has 2 atom stereocenters. The molecule has 1 fully saturated rings. The normalized spacial score (nSPS) is 29.8. The van der Waals surface area contributed by atoms with Gasteiger partial charge in [0.2, 0.25) is 0 Å². The summed E-state index contributed by atoms with van der Waals surface area (Å²) in [5.41, 5.74) is 0. The molecule has 0 aromatic carbocycles. The Labute approximate surface area is 85.3 Å². The summed E-state index contributed by atoms with van der Waals surface area (Å²) in [5.74, 6) is 0. The number of hydrogen-bond donors (Lipinski definition) is 2. The van der Waals surface area contributed by atoms with E-state index in [1.165, 1.54) is 0 Å². The summed E-state index contributed by atoms with van der Waals surface area (Å²) in [4.78, 5) is 2.34. The van der Waals surface area contributed by atoms with Crippen LogP contribution in [-0.2, 0) is 4.74 Å². The highest BCUT2D eigenvalue weighted by atomic mass is 16.5. The second-order valence-electron chi connectivity index (χ2n) is 3.86. The highest BCUT2D eigenvalue weighted by Gasteiger charge is 2.24. The summed E-state index contributed by atoms with van der Waals surface area (Å²) < 4.78 is 5.73. The second kappa shape index (κ2) is 4.66. The zero-order chi connectivity index (χ0) is 9.80. The van der Waals surface area contributed by atoms with Gasteiger partial charge in [-0.3, -0.25) is 0 Å². The molecule has 2 unspecified atom stereocenters. The van der Waals surface area contributed by atoms with Gasteiger partial charge >= 0.3 is 0 Å². The van der Waals surface area contributed by atoms with Crippen molar-refractivity contribution in [3.05, 3.63) is 12.4 Å². The lowest BCUT2D eigenvalue weighted by Crippen LogP contribution is -2.51. The van der Waals surface area contributed by atoms with E-state index in [0.717, 1.165) is 32.8 Å². The fraction of sp³-hybridized carbons (Fsp3) is 0.800. The lowest BCUT2D eigenvalue weighted by Gasteiger charge is -2.37. The van der Waals surface area contributed by atoms with Gasteiger partial charge in [0.1, 0.15) is 0 Å². The standard InChI is InChI=1S/C10H19N3O/c1-9(10-8-12-4-7-14-10)13-5-2-11-3-6-13/h2,5,9-12H,3-4,6-8H2,1H3. The number of ether oxygens (including phenoxy) is 1. The van der Waals surface area contributed by atoms with Crippen molar-refractivity contribution in [1.82, 2.24) is 15.5 Å². The second-order valence-corrected chi connectivity index (χ2v) is 3.86. The van der Waals surface area contributed by atoms with Gasteiger partial charge in [0.05, 0.1) is 18.8 Å². The lowest BCUT2D eigenvalue weighted by molar-refractivity contribution is -0.0158. The molecule has 0 spiro atoms. The molecule has 0 aromatic rings. The minimum absolute atomic E-state index is 0.325. The summed E-state index contributed by atoms with van der Waals surface area (Å²) in [5, 5.41) is 6.56. The van der Waals surface area contributed by atoms with E-state index >= 15 is 0 Å². The topological polar surface area (TPSA) is 36.5 Å². The maximum absolute atomic E-state index is 5.73. The number of nitrogens with zero attached hydrogens (tertiary/aromatic N) is 1. The van der Waals surface area contributed by atoms with Crippen molar-refractivity contribution in [2.45, 2.75) is 19.1 Å². The van der Waals surface area contributed by atoms with Crippen molar-refractivity contribution in [2.24, 2.45) is 0 Å². The Hall–Kier alpha value is -0.740. The Kier molecular flexibility index (Phi) is 3.26. The van der Waals surface area contributed by atoms with Gasteiger partial charge in [0, 0.05) is 38.6 Å². The van der Waals surface area contributed by atoms with Crippen LogP contribution in [-0.4, -0.2) is 49.8 Å². The average Bonchev–Trinajstić information content (AvgIpc) is 2.30. The van der Waals surface area contributed by atoms with Gasteiger partial charge in [0.15, 0.2) is 0 Å². The van der Waals surface area contributed by atoms with Crippen LogP contribution in [0, 0.1) is 0 Å². The maximum Gasteiger partial charge on any atom is 0.0899 e. The van der Waals surface area contributed by atoms with Gasteiger partial charge in [-0.25, -0.2) is 0 Å². The van der Waals surface area contributed by atoms with Gasteiger partial charge in [-0.1, -0.05) is 0 Å². The van der Waals surface area contributed by atoms with E-state index in [1.807, 2.05) is 6.20 Å². The first-order valence-electron chi connectivity index (χ1n) is 5.36. The molecule has 0 aliphatic carbocycles. The number of rotatable bonds is 2. The SMILES string of the molecule is CC(C1CNCCO1)N1C=CNCC1. The van der Waals surface area contributed by atoms with E-state index in [2.05, 4.69) is 28.7 Å². The lowest BCUT2D eigenvalue weighted by atomic mass is 10.1. The van der Waals surface area contributed by atoms with Gasteiger partial charge < -0.3 is 20.3 Å². The smallest absolute Gasteiger partial charge is 0.0899 e. The Balaban J connectivity index is 1.88. The van der Waals surface area contributed by atoms with E-state index in [1.54, 1.807) is 0 Å². The van der Waals surface area contributed by atoms with Crippen molar-refractivity contribution in [3.63, 3.8) is 0 Å². The first-order chi connectivity index (χ1) is 6.88. The van der Waals surface area contributed by atoms with Crippen LogP contribution in [0.25, 0.3) is 0 Å². The summed E-state index contributed by atoms with van der Waals surface area (Å²) in [6, 6.07) is 0.459. The molecule has 2 aliphatic rings. The van der Waals surface area contributed by atoms with Crippen LogP contribution in [0.3, 0.4) is 0 Å². The van der Waals surface area contributed by atoms with Crippen LogP contribution in [0.4, 0.5) is 0 Å². The molecular formula is C10H19N3O. The van der Waals surface area contributed by atoms with Gasteiger partial charge in [-0.05, 0) is 6.92 Å². The molecule has 1 saturated heterocycles. The molecule has 2 aliphatic heterocycles. The predicted octanol–water partition coefficient (Wildman–Crippen LogP) is -0.260. The molecule has 2 rings (SSSR count). The molecule has 0 bridgehead atoms. The van der Waals surface area contributed by atoms with Crippen LogP contribution in [0.5, 0.6) is 0 Å². The van der Waals surface area contributed by atoms with Crippen LogP contribution < -0.4 is 10.6 Å². The predicted molar refractivity (Wildman–Crippen MR) is 55.9 cm³/mol. The van der Waals surface area contributed by atoms with Crippen molar-refractivity contribution in [3.8, 4) is 0 Å². The van der Waals surface area contributed by atoms with Crippen LogP contribution in [0.2, 0.25) is 0 Å². The van der Waals surface area contributed by atoms with Gasteiger partial charge in [-0.2, -0.15) is 0 Å². The maximum atomic E-state index is 5.73. The van der Waals surface area contributed by atoms with Gasteiger partial charge in [-0.15, -0.1) is 0 Å². The fourth-order valence-corrected chi connectivity index (χ4v) is 1.95. The zero-order valence-corrected chi connectivity index (χ0v) is 8.70. The third-order valence-electron chi connectivity index (χ3n) is 2.92. The van der Waals surface area contributed by atoms with E-state index in [9.17, 15) is 0 Å². The van der Waals surface area contributed by atoms with Crippen molar-refractivity contribution >= 4 is 0 Å². The molecule has 4 nitrogen and oxygen atoms in total. The molecule has 0 radical (unpaired) electrons. The quantitative estimate of drug-likeness (QED) is 0.639. The van der Waals surface area contributed by atoms with Crippen molar-refractivity contribution < 1.29 is 4.74 Å². The average molecular weight is 197 g/mol. The molecule has 4 heteroatoms. The minimum atomic E-state index is 0.325.